The van der Waals surface area contributed by atoms with Crippen molar-refractivity contribution in [2.24, 2.45) is 5.92 Å². The monoisotopic (exact) mass is 378 g/mol. The van der Waals surface area contributed by atoms with Gasteiger partial charge in [0.15, 0.2) is 5.78 Å². The van der Waals surface area contributed by atoms with Crippen LogP contribution in [0.25, 0.3) is 0 Å². The number of halogens is 2. The average molecular weight is 379 g/mol. The molecule has 0 radical (unpaired) electrons. The van der Waals surface area contributed by atoms with E-state index < -0.39 is 5.97 Å². The van der Waals surface area contributed by atoms with Gasteiger partial charge in [-0.15, -0.1) is 0 Å². The highest BCUT2D eigenvalue weighted by molar-refractivity contribution is 6.37. The average Bonchev–Trinajstić information content (AvgIpc) is 3.04. The van der Waals surface area contributed by atoms with E-state index in [-0.39, 0.29) is 17.8 Å². The van der Waals surface area contributed by atoms with Crippen LogP contribution in [0.15, 0.2) is 42.5 Å². The van der Waals surface area contributed by atoms with E-state index in [9.17, 15) is 9.59 Å². The van der Waals surface area contributed by atoms with Gasteiger partial charge in [0.25, 0.3) is 0 Å². The minimum absolute atomic E-state index is 0.103. The van der Waals surface area contributed by atoms with E-state index in [1.54, 1.807) is 36.4 Å². The summed E-state index contributed by atoms with van der Waals surface area (Å²) in [4.78, 5) is 23.5. The fraction of sp³-hybridized carbons (Fsp3) is 0.263. The summed E-state index contributed by atoms with van der Waals surface area (Å²) in [5.74, 6) is -0.681. The first-order chi connectivity index (χ1) is 11.9. The molecule has 2 aromatic carbocycles. The van der Waals surface area contributed by atoms with E-state index in [1.807, 2.05) is 0 Å². The smallest absolute Gasteiger partial charge is 0.306 e. The van der Waals surface area contributed by atoms with Gasteiger partial charge in [0.05, 0.1) is 17.0 Å². The first kappa shape index (κ1) is 17.8. The number of carboxylic acid groups (broad SMARTS) is 1. The Morgan fingerprint density at radius 2 is 1.76 bits per heavy atom. The summed E-state index contributed by atoms with van der Waals surface area (Å²) < 4.78 is 5.82. The molecule has 1 aliphatic carbocycles. The van der Waals surface area contributed by atoms with Crippen molar-refractivity contribution in [2.75, 3.05) is 0 Å². The van der Waals surface area contributed by atoms with E-state index in [1.165, 1.54) is 6.07 Å². The van der Waals surface area contributed by atoms with E-state index >= 15 is 0 Å². The standard InChI is InChI=1S/C19H16Cl2O4/c20-13-4-8-16(17(21)10-13)18(22)11-1-5-14(6-2-11)25-15-7-3-12(9-15)19(23)24/h1-2,4-6,8,10,12,15H,3,7,9H2,(H,23,24)/t12-,15-/m0/s1. The number of rotatable bonds is 5. The highest BCUT2D eigenvalue weighted by Gasteiger charge is 2.31. The van der Waals surface area contributed by atoms with Crippen LogP contribution in [-0.4, -0.2) is 23.0 Å². The van der Waals surface area contributed by atoms with Crippen LogP contribution in [0.4, 0.5) is 0 Å². The molecule has 3 rings (SSSR count). The molecule has 4 nitrogen and oxygen atoms in total. The molecule has 0 saturated heterocycles. The Hall–Kier alpha value is -2.04. The predicted molar refractivity (Wildman–Crippen MR) is 95.7 cm³/mol. The molecule has 0 spiro atoms. The SMILES string of the molecule is O=C(c1ccc(O[C@H]2CC[C@H](C(=O)O)C2)cc1)c1ccc(Cl)cc1Cl. The lowest BCUT2D eigenvalue weighted by atomic mass is 10.0. The Morgan fingerprint density at radius 1 is 1.04 bits per heavy atom. The van der Waals surface area contributed by atoms with Gasteiger partial charge in [0, 0.05) is 16.1 Å². The largest absolute Gasteiger partial charge is 0.490 e. The summed E-state index contributed by atoms with van der Waals surface area (Å²) in [6.45, 7) is 0. The Kier molecular flexibility index (Phi) is 5.30. The second kappa shape index (κ2) is 7.46. The molecule has 0 bridgehead atoms. The molecular weight excluding hydrogens is 363 g/mol. The van der Waals surface area contributed by atoms with Crippen LogP contribution in [0.3, 0.4) is 0 Å². The highest BCUT2D eigenvalue weighted by atomic mass is 35.5. The fourth-order valence-electron chi connectivity index (χ4n) is 2.98. The number of aliphatic carboxylic acids is 1. The lowest BCUT2D eigenvalue weighted by Crippen LogP contribution is -2.15. The predicted octanol–water partition coefficient (Wildman–Crippen LogP) is 4.86. The zero-order valence-electron chi connectivity index (χ0n) is 13.2. The van der Waals surface area contributed by atoms with Crippen molar-refractivity contribution in [3.8, 4) is 5.75 Å². The van der Waals surface area contributed by atoms with Crippen LogP contribution >= 0.6 is 23.2 Å². The number of benzene rings is 2. The van der Waals surface area contributed by atoms with Crippen LogP contribution in [0.5, 0.6) is 5.75 Å². The quantitative estimate of drug-likeness (QED) is 0.754. The van der Waals surface area contributed by atoms with Crippen molar-refractivity contribution >= 4 is 35.0 Å². The highest BCUT2D eigenvalue weighted by Crippen LogP contribution is 2.30. The van der Waals surface area contributed by atoms with Crippen molar-refractivity contribution < 1.29 is 19.4 Å². The van der Waals surface area contributed by atoms with E-state index in [4.69, 9.17) is 33.0 Å². The molecule has 2 aromatic rings. The molecule has 1 N–H and O–H groups in total. The summed E-state index contributed by atoms with van der Waals surface area (Å²) in [5, 5.41) is 9.81. The number of carbonyl (C=O) groups is 2. The molecular formula is C19H16Cl2O4. The van der Waals surface area contributed by atoms with Crippen LogP contribution in [0.1, 0.15) is 35.2 Å². The molecule has 0 heterocycles. The molecule has 6 heteroatoms. The van der Waals surface area contributed by atoms with Crippen molar-refractivity contribution in [1.29, 1.82) is 0 Å². The van der Waals surface area contributed by atoms with Crippen LogP contribution < -0.4 is 4.74 Å². The maximum atomic E-state index is 12.5. The number of ketones is 1. The molecule has 2 atom stereocenters. The van der Waals surface area contributed by atoms with Crippen molar-refractivity contribution in [3.63, 3.8) is 0 Å². The Labute approximate surface area is 155 Å². The molecule has 130 valence electrons. The van der Waals surface area contributed by atoms with Gasteiger partial charge in [-0.3, -0.25) is 9.59 Å². The lowest BCUT2D eigenvalue weighted by Gasteiger charge is -2.13. The molecule has 0 unspecified atom stereocenters. The van der Waals surface area contributed by atoms with Crippen LogP contribution in [0.2, 0.25) is 10.0 Å². The molecule has 0 amide bonds. The van der Waals surface area contributed by atoms with E-state index in [2.05, 4.69) is 0 Å². The zero-order valence-corrected chi connectivity index (χ0v) is 14.8. The molecule has 0 aliphatic heterocycles. The summed E-state index contributed by atoms with van der Waals surface area (Å²) >= 11 is 11.9. The minimum atomic E-state index is -0.771. The number of carbonyl (C=O) groups excluding carboxylic acids is 1. The van der Waals surface area contributed by atoms with Gasteiger partial charge in [0.1, 0.15) is 5.75 Å². The van der Waals surface area contributed by atoms with Gasteiger partial charge in [-0.25, -0.2) is 0 Å². The van der Waals surface area contributed by atoms with Crippen molar-refractivity contribution in [1.82, 2.24) is 0 Å². The Balaban J connectivity index is 1.68. The van der Waals surface area contributed by atoms with Crippen molar-refractivity contribution in [3.05, 3.63) is 63.6 Å². The molecule has 1 fully saturated rings. The zero-order chi connectivity index (χ0) is 18.0. The molecule has 0 aromatic heterocycles. The normalized spacial score (nSPS) is 19.6. The van der Waals surface area contributed by atoms with Crippen LogP contribution in [0, 0.1) is 5.92 Å². The number of ether oxygens (including phenoxy) is 1. The molecule has 1 aliphatic rings. The lowest BCUT2D eigenvalue weighted by molar-refractivity contribution is -0.141. The number of carboxylic acids is 1. The topological polar surface area (TPSA) is 63.6 Å². The third-order valence-corrected chi connectivity index (χ3v) is 4.88. The first-order valence-electron chi connectivity index (χ1n) is 7.93. The second-order valence-corrected chi connectivity index (χ2v) is 6.91. The third-order valence-electron chi connectivity index (χ3n) is 4.33. The number of hydrogen-bond donors (Lipinski definition) is 1. The third kappa shape index (κ3) is 4.14. The van der Waals surface area contributed by atoms with Gasteiger partial charge in [-0.2, -0.15) is 0 Å². The maximum absolute atomic E-state index is 12.5. The van der Waals surface area contributed by atoms with Gasteiger partial charge in [-0.05, 0) is 61.7 Å². The summed E-state index contributed by atoms with van der Waals surface area (Å²) in [7, 11) is 0. The Morgan fingerprint density at radius 3 is 2.36 bits per heavy atom. The summed E-state index contributed by atoms with van der Waals surface area (Å²) in [5.41, 5.74) is 0.881. The van der Waals surface area contributed by atoms with Gasteiger partial charge >= 0.3 is 5.97 Å². The Bertz CT molecular complexity index is 802. The summed E-state index contributed by atoms with van der Waals surface area (Å²) in [6.07, 6.45) is 1.76. The fourth-order valence-corrected chi connectivity index (χ4v) is 3.47. The number of hydrogen-bond acceptors (Lipinski definition) is 3. The summed E-state index contributed by atoms with van der Waals surface area (Å²) in [6, 6.07) is 11.5. The molecule has 1 saturated carbocycles. The van der Waals surface area contributed by atoms with E-state index in [0.717, 1.165) is 6.42 Å². The van der Waals surface area contributed by atoms with Gasteiger partial charge < -0.3 is 9.84 Å². The van der Waals surface area contributed by atoms with Crippen molar-refractivity contribution in [2.45, 2.75) is 25.4 Å². The van der Waals surface area contributed by atoms with Gasteiger partial charge in [-0.1, -0.05) is 23.2 Å². The second-order valence-electron chi connectivity index (χ2n) is 6.07. The van der Waals surface area contributed by atoms with E-state index in [0.29, 0.717) is 39.8 Å². The molecule has 25 heavy (non-hydrogen) atoms. The maximum Gasteiger partial charge on any atom is 0.306 e. The van der Waals surface area contributed by atoms with Crippen LogP contribution in [-0.2, 0) is 4.79 Å². The minimum Gasteiger partial charge on any atom is -0.490 e. The van der Waals surface area contributed by atoms with Gasteiger partial charge in [0.2, 0.25) is 0 Å². The first-order valence-corrected chi connectivity index (χ1v) is 8.69.